The van der Waals surface area contributed by atoms with E-state index in [0.29, 0.717) is 5.82 Å². The quantitative estimate of drug-likeness (QED) is 0.173. The normalized spacial score (nSPS) is 11.6. The van der Waals surface area contributed by atoms with E-state index in [2.05, 4.69) is 102 Å². The highest BCUT2D eigenvalue weighted by molar-refractivity contribution is 7.22. The zero-order chi connectivity index (χ0) is 33.0. The van der Waals surface area contributed by atoms with Crippen molar-refractivity contribution in [2.75, 3.05) is 0 Å². The molecule has 0 amide bonds. The summed E-state index contributed by atoms with van der Waals surface area (Å²) in [6.07, 6.45) is 1.89. The maximum absolute atomic E-state index is 6.55. The van der Waals surface area contributed by atoms with Crippen LogP contribution in [0.1, 0.15) is 0 Å². The summed E-state index contributed by atoms with van der Waals surface area (Å²) < 4.78 is 9.78. The summed E-state index contributed by atoms with van der Waals surface area (Å²) in [5.41, 5.74) is 8.96. The third-order valence-corrected chi connectivity index (χ3v) is 10.4. The van der Waals surface area contributed by atoms with Crippen LogP contribution in [0.15, 0.2) is 168 Å². The van der Waals surface area contributed by atoms with Crippen LogP contribution in [0.4, 0.5) is 0 Å². The summed E-state index contributed by atoms with van der Waals surface area (Å²) in [7, 11) is 0. The number of thiazole rings is 1. The van der Waals surface area contributed by atoms with Gasteiger partial charge in [-0.25, -0.2) is 4.98 Å². The molecule has 0 saturated heterocycles. The maximum Gasteiger partial charge on any atom is 0.307 e. The fourth-order valence-electron chi connectivity index (χ4n) is 6.85. The van der Waals surface area contributed by atoms with E-state index < -0.39 is 0 Å². The van der Waals surface area contributed by atoms with E-state index in [-0.39, 0.29) is 0 Å². The Balaban J connectivity index is 1.15. The minimum atomic E-state index is 0.683. The van der Waals surface area contributed by atoms with Crippen LogP contribution in [0.5, 0.6) is 0 Å². The average molecular weight is 660 g/mol. The molecule has 10 rings (SSSR count). The van der Waals surface area contributed by atoms with E-state index in [0.717, 1.165) is 87.3 Å². The monoisotopic (exact) mass is 659 g/mol. The molecule has 234 valence electrons. The van der Waals surface area contributed by atoms with E-state index in [1.165, 1.54) is 0 Å². The zero-order valence-electron chi connectivity index (χ0n) is 26.7. The van der Waals surface area contributed by atoms with Crippen LogP contribution in [0.2, 0.25) is 0 Å². The molecule has 0 spiro atoms. The van der Waals surface area contributed by atoms with Crippen LogP contribution in [0.3, 0.4) is 0 Å². The van der Waals surface area contributed by atoms with E-state index >= 15 is 0 Å². The molecule has 0 unspecified atom stereocenters. The predicted octanol–water partition coefficient (Wildman–Crippen LogP) is 11.1. The number of rotatable bonds is 5. The smallest absolute Gasteiger partial charge is 0.307 e. The van der Waals surface area contributed by atoms with Crippen LogP contribution < -0.4 is 4.57 Å². The van der Waals surface area contributed by atoms with Crippen LogP contribution in [-0.4, -0.2) is 15.0 Å². The fraction of sp³-hybridized carbons (Fsp3) is 0. The second kappa shape index (κ2) is 11.6. The summed E-state index contributed by atoms with van der Waals surface area (Å²) in [5.74, 6) is 1.50. The number of hydrogen-bond donors (Lipinski definition) is 0. The molecule has 0 aliphatic rings. The molecule has 50 heavy (non-hydrogen) atoms. The Morgan fingerprint density at radius 2 is 1.26 bits per heavy atom. The summed E-state index contributed by atoms with van der Waals surface area (Å²) in [4.78, 5) is 14.9. The Morgan fingerprint density at radius 3 is 2.06 bits per heavy atom. The van der Waals surface area contributed by atoms with Crippen molar-refractivity contribution in [2.24, 2.45) is 0 Å². The summed E-state index contributed by atoms with van der Waals surface area (Å²) in [6.45, 7) is 0. The molecule has 0 radical (unpaired) electrons. The van der Waals surface area contributed by atoms with Gasteiger partial charge in [-0.05, 0) is 82.6 Å². The van der Waals surface area contributed by atoms with Gasteiger partial charge in [0, 0.05) is 16.3 Å². The average Bonchev–Trinajstić information content (AvgIpc) is 3.80. The van der Waals surface area contributed by atoms with Crippen LogP contribution >= 0.6 is 11.3 Å². The molecule has 6 heteroatoms. The molecule has 0 aliphatic heterocycles. The van der Waals surface area contributed by atoms with Gasteiger partial charge < -0.3 is 4.42 Å². The molecule has 0 bridgehead atoms. The van der Waals surface area contributed by atoms with E-state index in [1.807, 2.05) is 67.0 Å². The molecular weight excluding hydrogens is 633 g/mol. The van der Waals surface area contributed by atoms with Crippen molar-refractivity contribution in [3.8, 4) is 50.2 Å². The Labute approximate surface area is 291 Å². The molecule has 0 saturated carbocycles. The molecule has 0 atom stereocenters. The summed E-state index contributed by atoms with van der Waals surface area (Å²) in [6, 6.07) is 54.4. The van der Waals surface area contributed by atoms with Crippen molar-refractivity contribution < 1.29 is 8.98 Å². The topological polar surface area (TPSA) is 55.7 Å². The highest BCUT2D eigenvalue weighted by Gasteiger charge is 2.22. The SMILES string of the molecule is c1ccc(-c2nc[n+](-c3cc(-c4ccc5c(c4)oc4ccc6nc(-c7ccccc7)sc6c45)c4ccccc4c3)c(-c3ccccc3)n2)cc1. The van der Waals surface area contributed by atoms with E-state index in [9.17, 15) is 0 Å². The van der Waals surface area contributed by atoms with Gasteiger partial charge in [0.15, 0.2) is 0 Å². The Kier molecular flexibility index (Phi) is 6.60. The second-order valence-electron chi connectivity index (χ2n) is 12.3. The first-order valence-corrected chi connectivity index (χ1v) is 17.3. The fourth-order valence-corrected chi connectivity index (χ4v) is 7.97. The third kappa shape index (κ3) is 4.77. The lowest BCUT2D eigenvalue weighted by Crippen LogP contribution is -2.35. The Morgan fingerprint density at radius 1 is 0.540 bits per heavy atom. The number of nitrogens with zero attached hydrogens (tertiary/aromatic N) is 4. The highest BCUT2D eigenvalue weighted by atomic mass is 32.1. The van der Waals surface area contributed by atoms with Crippen LogP contribution in [-0.2, 0) is 0 Å². The molecule has 3 heterocycles. The van der Waals surface area contributed by atoms with Crippen LogP contribution in [0.25, 0.3) is 93.1 Å². The predicted molar refractivity (Wildman–Crippen MR) is 203 cm³/mol. The summed E-state index contributed by atoms with van der Waals surface area (Å²) >= 11 is 1.71. The number of aromatic nitrogens is 4. The molecule has 10 aromatic rings. The molecule has 0 fully saturated rings. The van der Waals surface area contributed by atoms with Crippen LogP contribution in [0, 0.1) is 0 Å². The largest absolute Gasteiger partial charge is 0.456 e. The standard InChI is InChI=1S/C44H27N4OS/c1-4-12-28(13-5-1)42-45-27-48(43(47-42)29-14-6-2-7-15-29)33-24-31-18-10-11-19-34(31)36(26-33)32-20-21-35-39(25-32)49-38-23-22-37-41(40(35)38)50-44(46-37)30-16-8-3-9-17-30/h1-27H/q+1. The zero-order valence-corrected chi connectivity index (χ0v) is 27.5. The first-order valence-electron chi connectivity index (χ1n) is 16.5. The Hall–Kier alpha value is -6.50. The molecule has 3 aromatic heterocycles. The Bertz CT molecular complexity index is 2860. The van der Waals surface area contributed by atoms with Gasteiger partial charge in [-0.3, -0.25) is 0 Å². The van der Waals surface area contributed by atoms with Gasteiger partial charge in [0.05, 0.1) is 21.3 Å². The first-order chi connectivity index (χ1) is 24.8. The number of hydrogen-bond acceptors (Lipinski definition) is 5. The molecular formula is C44H27N4OS+. The van der Waals surface area contributed by atoms with Crippen molar-refractivity contribution in [2.45, 2.75) is 0 Å². The summed E-state index contributed by atoms with van der Waals surface area (Å²) in [5, 5.41) is 5.50. The minimum absolute atomic E-state index is 0.683. The molecule has 5 nitrogen and oxygen atoms in total. The number of benzene rings is 7. The minimum Gasteiger partial charge on any atom is -0.456 e. The van der Waals surface area contributed by atoms with Crippen molar-refractivity contribution in [3.63, 3.8) is 0 Å². The van der Waals surface area contributed by atoms with Crippen molar-refractivity contribution in [1.82, 2.24) is 15.0 Å². The second-order valence-corrected chi connectivity index (χ2v) is 13.3. The van der Waals surface area contributed by atoms with Gasteiger partial charge in [0.25, 0.3) is 5.82 Å². The number of furan rings is 1. The first kappa shape index (κ1) is 28.5. The van der Waals surface area contributed by atoms with Crippen molar-refractivity contribution >= 4 is 54.3 Å². The maximum atomic E-state index is 6.55. The highest BCUT2D eigenvalue weighted by Crippen LogP contribution is 2.41. The third-order valence-electron chi connectivity index (χ3n) is 9.25. The lowest BCUT2D eigenvalue weighted by atomic mass is 9.96. The number of fused-ring (bicyclic) bond motifs is 6. The van der Waals surface area contributed by atoms with Gasteiger partial charge in [-0.2, -0.15) is 4.57 Å². The van der Waals surface area contributed by atoms with Gasteiger partial charge in [0.2, 0.25) is 6.33 Å². The van der Waals surface area contributed by atoms with Gasteiger partial charge >= 0.3 is 5.82 Å². The lowest BCUT2D eigenvalue weighted by Gasteiger charge is -2.12. The molecule has 0 aliphatic carbocycles. The molecule has 7 aromatic carbocycles. The van der Waals surface area contributed by atoms with E-state index in [4.69, 9.17) is 19.4 Å². The van der Waals surface area contributed by atoms with Gasteiger partial charge in [-0.1, -0.05) is 107 Å². The molecule has 0 N–H and O–H groups in total. The van der Waals surface area contributed by atoms with Gasteiger partial charge in [0.1, 0.15) is 21.9 Å². The van der Waals surface area contributed by atoms with Crippen molar-refractivity contribution in [1.29, 1.82) is 0 Å². The lowest BCUT2D eigenvalue weighted by molar-refractivity contribution is -0.590. The van der Waals surface area contributed by atoms with E-state index in [1.54, 1.807) is 11.3 Å². The van der Waals surface area contributed by atoms with Crippen molar-refractivity contribution in [3.05, 3.63) is 164 Å². The van der Waals surface area contributed by atoms with Gasteiger partial charge in [-0.15, -0.1) is 11.3 Å².